The van der Waals surface area contributed by atoms with Crippen molar-refractivity contribution in [3.63, 3.8) is 0 Å². The first kappa shape index (κ1) is 83.1. The van der Waals surface area contributed by atoms with Crippen LogP contribution in [0.5, 0.6) is 0 Å². The van der Waals surface area contributed by atoms with E-state index in [4.69, 9.17) is 9.47 Å². The monoisotopic (exact) mass is 1230 g/mol. The molecule has 0 radical (unpaired) electrons. The number of amides is 1. The molecular weight excluding hydrogens is 1090 g/mol. The molecule has 0 aliphatic carbocycles. The number of carbonyl (C=O) groups excluding carboxylic acids is 1. The highest BCUT2D eigenvalue weighted by atomic mass is 16.7. The third-order valence-corrected chi connectivity index (χ3v) is 17.4. The van der Waals surface area contributed by atoms with Gasteiger partial charge in [-0.1, -0.05) is 355 Å². The van der Waals surface area contributed by atoms with E-state index < -0.39 is 49.5 Å². The second kappa shape index (κ2) is 67.0. The summed E-state index contributed by atoms with van der Waals surface area (Å²) in [5.74, 6) is -0.174. The van der Waals surface area contributed by atoms with Gasteiger partial charge in [0, 0.05) is 6.42 Å². The molecule has 0 bridgehead atoms. The van der Waals surface area contributed by atoms with Crippen LogP contribution in [-0.2, 0) is 14.3 Å². The summed E-state index contributed by atoms with van der Waals surface area (Å²) in [5, 5.41) is 54.9. The second-order valence-corrected chi connectivity index (χ2v) is 25.7. The van der Waals surface area contributed by atoms with Crippen LogP contribution in [0, 0.1) is 0 Å². The van der Waals surface area contributed by atoms with E-state index in [1.54, 1.807) is 6.08 Å². The van der Waals surface area contributed by atoms with Gasteiger partial charge in [0.2, 0.25) is 5.91 Å². The molecule has 7 atom stereocenters. The zero-order valence-electron chi connectivity index (χ0n) is 57.2. The van der Waals surface area contributed by atoms with Gasteiger partial charge in [0.1, 0.15) is 24.4 Å². The van der Waals surface area contributed by atoms with Gasteiger partial charge in [-0.3, -0.25) is 4.79 Å². The summed E-state index contributed by atoms with van der Waals surface area (Å²) >= 11 is 0. The van der Waals surface area contributed by atoms with Gasteiger partial charge in [-0.2, -0.15) is 0 Å². The van der Waals surface area contributed by atoms with E-state index in [9.17, 15) is 30.3 Å². The van der Waals surface area contributed by atoms with Gasteiger partial charge in [0.05, 0.1) is 25.4 Å². The van der Waals surface area contributed by atoms with Crippen LogP contribution < -0.4 is 5.32 Å². The van der Waals surface area contributed by atoms with Crippen LogP contribution in [0.25, 0.3) is 0 Å². The van der Waals surface area contributed by atoms with E-state index in [0.717, 1.165) is 83.5 Å². The Balaban J connectivity index is 2.10. The van der Waals surface area contributed by atoms with Gasteiger partial charge in [-0.25, -0.2) is 0 Å². The predicted octanol–water partition coefficient (Wildman–Crippen LogP) is 21.0. The number of carbonyl (C=O) groups is 1. The maximum absolute atomic E-state index is 13.2. The first-order valence-corrected chi connectivity index (χ1v) is 37.5. The van der Waals surface area contributed by atoms with E-state index in [-0.39, 0.29) is 12.5 Å². The first-order valence-electron chi connectivity index (χ1n) is 37.5. The molecule has 510 valence electrons. The van der Waals surface area contributed by atoms with Crippen LogP contribution in [0.2, 0.25) is 0 Å². The molecule has 1 heterocycles. The van der Waals surface area contributed by atoms with Crippen molar-refractivity contribution in [2.45, 2.75) is 384 Å². The molecule has 0 aromatic carbocycles. The Bertz CT molecular complexity index is 1720. The zero-order valence-corrected chi connectivity index (χ0v) is 57.2. The Morgan fingerprint density at radius 2 is 0.705 bits per heavy atom. The molecule has 9 nitrogen and oxygen atoms in total. The van der Waals surface area contributed by atoms with Crippen LogP contribution in [0.1, 0.15) is 341 Å². The second-order valence-electron chi connectivity index (χ2n) is 25.7. The predicted molar refractivity (Wildman–Crippen MR) is 378 cm³/mol. The molecule has 6 N–H and O–H groups in total. The number of hydrogen-bond donors (Lipinski definition) is 6. The van der Waals surface area contributed by atoms with Gasteiger partial charge in [0.25, 0.3) is 0 Å². The van der Waals surface area contributed by atoms with Gasteiger partial charge >= 0.3 is 0 Å². The minimum absolute atomic E-state index is 0.174. The zero-order chi connectivity index (χ0) is 63.5. The Morgan fingerprint density at radius 1 is 0.398 bits per heavy atom. The largest absolute Gasteiger partial charge is 0.394 e. The quantitative estimate of drug-likeness (QED) is 0.0261. The van der Waals surface area contributed by atoms with E-state index >= 15 is 0 Å². The van der Waals surface area contributed by atoms with Crippen molar-refractivity contribution < 1.29 is 39.8 Å². The van der Waals surface area contributed by atoms with Crippen molar-refractivity contribution in [2.75, 3.05) is 13.2 Å². The molecule has 0 spiro atoms. The Morgan fingerprint density at radius 3 is 1.05 bits per heavy atom. The molecule has 1 amide bonds. The molecular formula is C79H141NO8. The Kier molecular flexibility index (Phi) is 63.3. The van der Waals surface area contributed by atoms with Gasteiger partial charge in [0.15, 0.2) is 6.29 Å². The van der Waals surface area contributed by atoms with Crippen LogP contribution in [-0.4, -0.2) is 87.5 Å². The van der Waals surface area contributed by atoms with Crippen molar-refractivity contribution in [1.82, 2.24) is 5.32 Å². The van der Waals surface area contributed by atoms with E-state index in [1.807, 2.05) is 6.08 Å². The topological polar surface area (TPSA) is 149 Å². The van der Waals surface area contributed by atoms with Crippen LogP contribution >= 0.6 is 0 Å². The Hall–Kier alpha value is -2.89. The number of aliphatic hydroxyl groups is 5. The summed E-state index contributed by atoms with van der Waals surface area (Å²) < 4.78 is 11.3. The lowest BCUT2D eigenvalue weighted by Crippen LogP contribution is -2.60. The molecule has 1 aliphatic rings. The van der Waals surface area contributed by atoms with Crippen LogP contribution in [0.4, 0.5) is 0 Å². The maximum Gasteiger partial charge on any atom is 0.220 e. The van der Waals surface area contributed by atoms with E-state index in [1.165, 1.54) is 238 Å². The first-order chi connectivity index (χ1) is 43.3. The summed E-state index contributed by atoms with van der Waals surface area (Å²) in [4.78, 5) is 13.2. The molecule has 0 aromatic heterocycles. The standard InChI is InChI=1S/C79H141NO8/c1-3-5-7-9-11-13-15-17-19-21-23-25-27-29-31-32-33-34-35-36-37-38-39-40-41-42-43-45-47-49-51-53-55-57-59-61-63-65-67-69-75(83)80-72(71-87-79-78(86)77(85)76(84)74(70-81)88-79)73(82)68-66-64-62-60-58-56-54-52-50-48-46-44-30-28-26-24-22-20-18-16-14-12-10-8-6-4-2/h5,7,11,13,17,19,23,25,29,31,33-34,36-37,66,68,72-74,76-79,81-82,84-86H,3-4,6,8-10,12,14-16,18,20-22,24,26-28,30,32,35,38-65,67,69-71H2,1-2H3,(H,80,83)/b7-5-,13-11-,19-17-,25-23-,31-29-,34-33-,37-36-,68-66+. The fraction of sp³-hybridized carbons (Fsp3) is 0.785. The molecule has 7 unspecified atom stereocenters. The lowest BCUT2D eigenvalue weighted by Gasteiger charge is -2.40. The third-order valence-electron chi connectivity index (χ3n) is 17.4. The summed E-state index contributed by atoms with van der Waals surface area (Å²) in [6.07, 6.45) is 90.9. The smallest absolute Gasteiger partial charge is 0.220 e. The van der Waals surface area contributed by atoms with E-state index in [0.29, 0.717) is 6.42 Å². The highest BCUT2D eigenvalue weighted by molar-refractivity contribution is 5.76. The minimum Gasteiger partial charge on any atom is -0.394 e. The number of ether oxygens (including phenoxy) is 2. The minimum atomic E-state index is -1.57. The fourth-order valence-corrected chi connectivity index (χ4v) is 11.6. The third kappa shape index (κ3) is 54.8. The molecule has 1 fully saturated rings. The van der Waals surface area contributed by atoms with Gasteiger partial charge in [-0.15, -0.1) is 0 Å². The number of rotatable bonds is 65. The Labute approximate surface area is 543 Å². The van der Waals surface area contributed by atoms with Crippen molar-refractivity contribution in [3.05, 3.63) is 97.2 Å². The van der Waals surface area contributed by atoms with Crippen molar-refractivity contribution in [2.24, 2.45) is 0 Å². The normalized spacial score (nSPS) is 18.5. The number of unbranched alkanes of at least 4 members (excludes halogenated alkanes) is 41. The molecule has 0 aromatic rings. The number of aliphatic hydroxyl groups excluding tert-OH is 5. The molecule has 88 heavy (non-hydrogen) atoms. The molecule has 1 rings (SSSR count). The fourth-order valence-electron chi connectivity index (χ4n) is 11.6. The van der Waals surface area contributed by atoms with Gasteiger partial charge in [-0.05, 0) is 77.0 Å². The average Bonchev–Trinajstić information content (AvgIpc) is 3.65. The lowest BCUT2D eigenvalue weighted by molar-refractivity contribution is -0.302. The number of allylic oxidation sites excluding steroid dienone is 15. The highest BCUT2D eigenvalue weighted by Crippen LogP contribution is 2.23. The van der Waals surface area contributed by atoms with Crippen molar-refractivity contribution >= 4 is 5.91 Å². The summed E-state index contributed by atoms with van der Waals surface area (Å²) in [6, 6.07) is -0.810. The average molecular weight is 1230 g/mol. The van der Waals surface area contributed by atoms with Gasteiger partial charge < -0.3 is 40.3 Å². The van der Waals surface area contributed by atoms with Crippen LogP contribution in [0.3, 0.4) is 0 Å². The maximum atomic E-state index is 13.2. The summed E-state index contributed by atoms with van der Waals surface area (Å²) in [5.41, 5.74) is 0. The summed E-state index contributed by atoms with van der Waals surface area (Å²) in [7, 11) is 0. The number of hydrogen-bond acceptors (Lipinski definition) is 8. The lowest BCUT2D eigenvalue weighted by atomic mass is 9.99. The molecule has 9 heteroatoms. The van der Waals surface area contributed by atoms with Crippen LogP contribution in [0.15, 0.2) is 97.2 Å². The molecule has 1 saturated heterocycles. The van der Waals surface area contributed by atoms with E-state index in [2.05, 4.69) is 104 Å². The number of nitrogens with one attached hydrogen (secondary N) is 1. The van der Waals surface area contributed by atoms with Crippen molar-refractivity contribution in [3.8, 4) is 0 Å². The SMILES string of the molecule is CC/C=C\C/C=C\C/C=C\C/C=C\C/C=C\C/C=C\C/C=C\CCCCCCCCCCCCCCCCCCCC(=O)NC(COC1OC(CO)C(O)C(O)C1O)C(O)/C=C/CCCCCCCCCCCCCCCCCCCCCCCCCC. The highest BCUT2D eigenvalue weighted by Gasteiger charge is 2.44. The summed E-state index contributed by atoms with van der Waals surface area (Å²) in [6.45, 7) is 3.70. The molecule has 0 saturated carbocycles. The molecule has 1 aliphatic heterocycles. The van der Waals surface area contributed by atoms with Crippen molar-refractivity contribution in [1.29, 1.82) is 0 Å².